The molecule has 0 unspecified atom stereocenters. The Morgan fingerprint density at radius 3 is 2.89 bits per heavy atom. The molecule has 3 heteroatoms. The summed E-state index contributed by atoms with van der Waals surface area (Å²) in [5.41, 5.74) is 0.864. The average Bonchev–Trinajstić information content (AvgIpc) is 2.85. The summed E-state index contributed by atoms with van der Waals surface area (Å²) in [5.74, 6) is 0. The summed E-state index contributed by atoms with van der Waals surface area (Å²) in [6.07, 6.45) is 3.17. The van der Waals surface area contributed by atoms with Crippen molar-refractivity contribution in [1.29, 1.82) is 5.26 Å². The summed E-state index contributed by atoms with van der Waals surface area (Å²) in [4.78, 5) is 2.28. The van der Waals surface area contributed by atoms with E-state index in [4.69, 9.17) is 4.74 Å². The van der Waals surface area contributed by atoms with Crippen LogP contribution in [0.5, 0.6) is 0 Å². The largest absolute Gasteiger partial charge is 0.361 e. The third-order valence-corrected chi connectivity index (χ3v) is 4.20. The minimum atomic E-state index is -0.389. The summed E-state index contributed by atoms with van der Waals surface area (Å²) >= 11 is 0. The fourth-order valence-electron chi connectivity index (χ4n) is 3.24. The Hall–Kier alpha value is -1.37. The monoisotopic (exact) mass is 242 g/mol. The summed E-state index contributed by atoms with van der Waals surface area (Å²) in [5, 5.41) is 9.51. The molecule has 3 nitrogen and oxygen atoms in total. The van der Waals surface area contributed by atoms with Crippen molar-refractivity contribution in [3.8, 4) is 6.07 Å². The molecule has 2 aliphatic rings. The van der Waals surface area contributed by atoms with Crippen LogP contribution >= 0.6 is 0 Å². The van der Waals surface area contributed by atoms with E-state index in [1.54, 1.807) is 0 Å². The lowest BCUT2D eigenvalue weighted by atomic mass is 9.87. The van der Waals surface area contributed by atoms with Crippen LogP contribution in [0.25, 0.3) is 0 Å². The maximum Gasteiger partial charge on any atom is 0.112 e. The molecular weight excluding hydrogens is 224 g/mol. The molecule has 0 spiro atoms. The molecule has 3 rings (SSSR count). The van der Waals surface area contributed by atoms with Gasteiger partial charge in [0.05, 0.1) is 18.7 Å². The van der Waals surface area contributed by atoms with Gasteiger partial charge in [-0.2, -0.15) is 5.26 Å². The molecule has 0 amide bonds. The van der Waals surface area contributed by atoms with Crippen LogP contribution in [0.15, 0.2) is 30.3 Å². The number of ether oxygens (including phenoxy) is 1. The van der Waals surface area contributed by atoms with Crippen molar-refractivity contribution in [3.05, 3.63) is 35.9 Å². The van der Waals surface area contributed by atoms with Gasteiger partial charge in [-0.3, -0.25) is 4.90 Å². The zero-order valence-corrected chi connectivity index (χ0v) is 10.7. The first-order valence-corrected chi connectivity index (χ1v) is 6.61. The normalized spacial score (nSPS) is 36.0. The molecule has 0 N–H and O–H groups in total. The molecule has 0 radical (unpaired) electrons. The van der Waals surface area contributed by atoms with Gasteiger partial charge in [-0.05, 0) is 31.7 Å². The van der Waals surface area contributed by atoms with Crippen LogP contribution in [0.4, 0.5) is 0 Å². The molecule has 3 atom stereocenters. The maximum atomic E-state index is 9.51. The molecule has 2 heterocycles. The SMILES string of the molecule is C[C@@]1(C#N)CCC[C@H]2OC[C@@H](c3ccccc3)N21. The van der Waals surface area contributed by atoms with E-state index in [1.807, 2.05) is 13.0 Å². The van der Waals surface area contributed by atoms with Crippen LogP contribution in [0.1, 0.15) is 37.8 Å². The van der Waals surface area contributed by atoms with Gasteiger partial charge in [-0.25, -0.2) is 0 Å². The summed E-state index contributed by atoms with van der Waals surface area (Å²) < 4.78 is 5.90. The van der Waals surface area contributed by atoms with E-state index in [-0.39, 0.29) is 17.8 Å². The number of hydrogen-bond acceptors (Lipinski definition) is 3. The molecule has 94 valence electrons. The number of piperidine rings is 1. The number of benzene rings is 1. The Balaban J connectivity index is 1.96. The smallest absolute Gasteiger partial charge is 0.112 e. The van der Waals surface area contributed by atoms with E-state index in [2.05, 4.69) is 35.2 Å². The van der Waals surface area contributed by atoms with E-state index >= 15 is 0 Å². The summed E-state index contributed by atoms with van der Waals surface area (Å²) in [6.45, 7) is 2.75. The first-order valence-electron chi connectivity index (χ1n) is 6.61. The van der Waals surface area contributed by atoms with Gasteiger partial charge < -0.3 is 4.74 Å². The maximum absolute atomic E-state index is 9.51. The fourth-order valence-corrected chi connectivity index (χ4v) is 3.24. The van der Waals surface area contributed by atoms with E-state index in [9.17, 15) is 5.26 Å². The van der Waals surface area contributed by atoms with Crippen LogP contribution in [-0.2, 0) is 4.74 Å². The van der Waals surface area contributed by atoms with Gasteiger partial charge in [0, 0.05) is 0 Å². The molecular formula is C15H18N2O. The van der Waals surface area contributed by atoms with Gasteiger partial charge in [0.1, 0.15) is 11.8 Å². The fraction of sp³-hybridized carbons (Fsp3) is 0.533. The quantitative estimate of drug-likeness (QED) is 0.759. The lowest BCUT2D eigenvalue weighted by Gasteiger charge is -2.43. The van der Waals surface area contributed by atoms with Gasteiger partial charge in [0.15, 0.2) is 0 Å². The molecule has 2 aliphatic heterocycles. The lowest BCUT2D eigenvalue weighted by Crippen LogP contribution is -2.52. The third-order valence-electron chi connectivity index (χ3n) is 4.20. The second kappa shape index (κ2) is 4.38. The van der Waals surface area contributed by atoms with E-state index < -0.39 is 0 Å². The van der Waals surface area contributed by atoms with Crippen LogP contribution in [0, 0.1) is 11.3 Å². The first kappa shape index (κ1) is 11.7. The van der Waals surface area contributed by atoms with Crippen molar-refractivity contribution in [2.24, 2.45) is 0 Å². The van der Waals surface area contributed by atoms with Crippen LogP contribution < -0.4 is 0 Å². The van der Waals surface area contributed by atoms with Crippen molar-refractivity contribution in [2.75, 3.05) is 6.61 Å². The Kier molecular flexibility index (Phi) is 2.85. The third kappa shape index (κ3) is 1.73. The molecule has 2 fully saturated rings. The van der Waals surface area contributed by atoms with Gasteiger partial charge in [-0.1, -0.05) is 30.3 Å². The molecule has 18 heavy (non-hydrogen) atoms. The van der Waals surface area contributed by atoms with Crippen molar-refractivity contribution in [2.45, 2.75) is 44.0 Å². The predicted molar refractivity (Wildman–Crippen MR) is 68.6 cm³/mol. The highest BCUT2D eigenvalue weighted by atomic mass is 16.5. The molecule has 0 aromatic heterocycles. The highest BCUT2D eigenvalue weighted by Crippen LogP contribution is 2.43. The standard InChI is InChI=1S/C15H18N2O/c1-15(11-16)9-5-8-14-17(15)13(10-18-14)12-6-3-2-4-7-12/h2-4,6-7,13-14H,5,8-10H2,1H3/t13-,14+,15-/m0/s1. The molecule has 1 aromatic rings. The molecule has 2 saturated heterocycles. The second-order valence-electron chi connectivity index (χ2n) is 5.40. The number of hydrogen-bond donors (Lipinski definition) is 0. The number of rotatable bonds is 1. The molecule has 0 saturated carbocycles. The van der Waals surface area contributed by atoms with Crippen molar-refractivity contribution >= 4 is 0 Å². The van der Waals surface area contributed by atoms with Crippen molar-refractivity contribution in [3.63, 3.8) is 0 Å². The molecule has 0 bridgehead atoms. The number of nitrogens with zero attached hydrogens (tertiary/aromatic N) is 2. The minimum absolute atomic E-state index is 0.119. The lowest BCUT2D eigenvalue weighted by molar-refractivity contribution is -0.0452. The van der Waals surface area contributed by atoms with E-state index in [0.717, 1.165) is 19.3 Å². The number of nitriles is 1. The van der Waals surface area contributed by atoms with E-state index in [0.29, 0.717) is 6.61 Å². The van der Waals surface area contributed by atoms with Gasteiger partial charge in [-0.15, -0.1) is 0 Å². The van der Waals surface area contributed by atoms with Crippen LogP contribution in [-0.4, -0.2) is 23.3 Å². The predicted octanol–water partition coefficient (Wildman–Crippen LogP) is 2.85. The Labute approximate surface area is 108 Å². The van der Waals surface area contributed by atoms with Gasteiger partial charge in [0.25, 0.3) is 0 Å². The van der Waals surface area contributed by atoms with E-state index in [1.165, 1.54) is 5.56 Å². The van der Waals surface area contributed by atoms with Crippen LogP contribution in [0.2, 0.25) is 0 Å². The zero-order valence-electron chi connectivity index (χ0n) is 10.7. The highest BCUT2D eigenvalue weighted by molar-refractivity contribution is 5.23. The average molecular weight is 242 g/mol. The van der Waals surface area contributed by atoms with Crippen LogP contribution in [0.3, 0.4) is 0 Å². The highest BCUT2D eigenvalue weighted by Gasteiger charge is 2.48. The summed E-state index contributed by atoms with van der Waals surface area (Å²) in [7, 11) is 0. The number of fused-ring (bicyclic) bond motifs is 1. The van der Waals surface area contributed by atoms with Gasteiger partial charge in [0.2, 0.25) is 0 Å². The van der Waals surface area contributed by atoms with Crippen molar-refractivity contribution < 1.29 is 4.74 Å². The second-order valence-corrected chi connectivity index (χ2v) is 5.40. The minimum Gasteiger partial charge on any atom is -0.361 e. The first-order chi connectivity index (χ1) is 8.74. The Morgan fingerprint density at radius 2 is 2.17 bits per heavy atom. The Bertz CT molecular complexity index is 467. The Morgan fingerprint density at radius 1 is 1.39 bits per heavy atom. The molecule has 0 aliphatic carbocycles. The summed E-state index contributed by atoms with van der Waals surface area (Å²) in [6, 6.07) is 13.1. The molecule has 1 aromatic carbocycles. The van der Waals surface area contributed by atoms with Gasteiger partial charge >= 0.3 is 0 Å². The zero-order chi connectivity index (χ0) is 12.6. The van der Waals surface area contributed by atoms with Crippen molar-refractivity contribution in [1.82, 2.24) is 4.90 Å². The topological polar surface area (TPSA) is 36.3 Å².